The van der Waals surface area contributed by atoms with E-state index < -0.39 is 18.7 Å². The van der Waals surface area contributed by atoms with E-state index in [1.165, 1.54) is 26.2 Å². The Bertz CT molecular complexity index is 583. The van der Waals surface area contributed by atoms with Crippen molar-refractivity contribution in [2.45, 2.75) is 6.18 Å². The molecule has 24 heavy (non-hydrogen) atoms. The summed E-state index contributed by atoms with van der Waals surface area (Å²) >= 11 is 0. The van der Waals surface area contributed by atoms with Crippen molar-refractivity contribution in [3.8, 4) is 0 Å². The number of esters is 1. The molecule has 0 saturated carbocycles. The van der Waals surface area contributed by atoms with Crippen molar-refractivity contribution < 1.29 is 27.5 Å². The lowest BCUT2D eigenvalue weighted by atomic mass is 10.1. The number of carbonyl (C=O) groups is 2. The van der Waals surface area contributed by atoms with Crippen LogP contribution in [0.4, 0.5) is 13.2 Å². The highest BCUT2D eigenvalue weighted by Crippen LogP contribution is 2.15. The summed E-state index contributed by atoms with van der Waals surface area (Å²) in [7, 11) is 2.82. The molecule has 8 heteroatoms. The standard InChI is InChI=1S/C16H19F3N2O3/c1-20-15(23)13-6-3-12(4-7-13)5-8-14(22)24-10-9-21(2)11-16(17,18)19/h3-8H,9-11H2,1-2H3,(H,20,23)/b8-5+. The van der Waals surface area contributed by atoms with E-state index in [4.69, 9.17) is 4.74 Å². The first-order chi connectivity index (χ1) is 11.2. The van der Waals surface area contributed by atoms with Crippen molar-refractivity contribution >= 4 is 18.0 Å². The van der Waals surface area contributed by atoms with Crippen LogP contribution in [0.1, 0.15) is 15.9 Å². The number of benzene rings is 1. The van der Waals surface area contributed by atoms with Crippen molar-refractivity contribution in [2.24, 2.45) is 0 Å². The average molecular weight is 344 g/mol. The third-order valence-electron chi connectivity index (χ3n) is 2.98. The van der Waals surface area contributed by atoms with Crippen LogP contribution in [0.25, 0.3) is 6.08 Å². The van der Waals surface area contributed by atoms with E-state index >= 15 is 0 Å². The van der Waals surface area contributed by atoms with Crippen LogP contribution in [0.15, 0.2) is 30.3 Å². The molecular weight excluding hydrogens is 325 g/mol. The Kier molecular flexibility index (Phi) is 7.44. The summed E-state index contributed by atoms with van der Waals surface area (Å²) in [5.74, 6) is -0.862. The molecule has 1 rings (SSSR count). The molecule has 0 radical (unpaired) electrons. The van der Waals surface area contributed by atoms with Gasteiger partial charge in [-0.3, -0.25) is 9.69 Å². The number of carbonyl (C=O) groups excluding carboxylic acids is 2. The van der Waals surface area contributed by atoms with Crippen LogP contribution in [0.2, 0.25) is 0 Å². The number of amides is 1. The highest BCUT2D eigenvalue weighted by molar-refractivity contribution is 5.94. The molecule has 0 atom stereocenters. The van der Waals surface area contributed by atoms with Crippen LogP contribution in [0, 0.1) is 0 Å². The first-order valence-electron chi connectivity index (χ1n) is 7.13. The van der Waals surface area contributed by atoms with E-state index in [2.05, 4.69) is 5.32 Å². The predicted molar refractivity (Wildman–Crippen MR) is 83.4 cm³/mol. The first-order valence-corrected chi connectivity index (χ1v) is 7.13. The molecule has 1 aromatic carbocycles. The number of halogens is 3. The molecule has 0 unspecified atom stereocenters. The minimum atomic E-state index is -4.28. The van der Waals surface area contributed by atoms with Gasteiger partial charge in [0, 0.05) is 25.2 Å². The van der Waals surface area contributed by atoms with Gasteiger partial charge in [-0.05, 0) is 30.8 Å². The Morgan fingerprint density at radius 2 is 1.88 bits per heavy atom. The van der Waals surface area contributed by atoms with Crippen molar-refractivity contribution in [3.63, 3.8) is 0 Å². The topological polar surface area (TPSA) is 58.6 Å². The molecule has 0 saturated heterocycles. The summed E-state index contributed by atoms with van der Waals surface area (Å²) in [6.07, 6.45) is -1.60. The number of hydrogen-bond donors (Lipinski definition) is 1. The number of alkyl halides is 3. The van der Waals surface area contributed by atoms with E-state index in [-0.39, 0.29) is 19.1 Å². The van der Waals surface area contributed by atoms with Gasteiger partial charge in [-0.15, -0.1) is 0 Å². The second-order valence-corrected chi connectivity index (χ2v) is 5.05. The van der Waals surface area contributed by atoms with Gasteiger partial charge < -0.3 is 10.1 Å². The van der Waals surface area contributed by atoms with Crippen LogP contribution >= 0.6 is 0 Å². The van der Waals surface area contributed by atoms with E-state index in [0.29, 0.717) is 11.1 Å². The molecule has 0 fully saturated rings. The minimum absolute atomic E-state index is 0.0140. The Labute approximate surface area is 138 Å². The minimum Gasteiger partial charge on any atom is -0.461 e. The Morgan fingerprint density at radius 3 is 2.42 bits per heavy atom. The number of nitrogens with zero attached hydrogens (tertiary/aromatic N) is 1. The van der Waals surface area contributed by atoms with Crippen molar-refractivity contribution in [2.75, 3.05) is 33.8 Å². The highest BCUT2D eigenvalue weighted by Gasteiger charge is 2.28. The SMILES string of the molecule is CNC(=O)c1ccc(/C=C/C(=O)OCCN(C)CC(F)(F)F)cc1. The molecule has 5 nitrogen and oxygen atoms in total. The second kappa shape index (κ2) is 9.07. The summed E-state index contributed by atoms with van der Waals surface area (Å²) < 4.78 is 41.2. The summed E-state index contributed by atoms with van der Waals surface area (Å²) in [4.78, 5) is 23.9. The van der Waals surface area contributed by atoms with Crippen molar-refractivity contribution in [3.05, 3.63) is 41.5 Å². The van der Waals surface area contributed by atoms with Gasteiger partial charge in [0.15, 0.2) is 0 Å². The maximum atomic E-state index is 12.1. The van der Waals surface area contributed by atoms with Gasteiger partial charge in [-0.25, -0.2) is 4.79 Å². The van der Waals surface area contributed by atoms with Gasteiger partial charge in [-0.1, -0.05) is 12.1 Å². The molecular formula is C16H19F3N2O3. The quantitative estimate of drug-likeness (QED) is 0.608. The molecule has 0 bridgehead atoms. The number of ether oxygens (including phenoxy) is 1. The predicted octanol–water partition coefficient (Wildman–Crippen LogP) is 2.10. The maximum absolute atomic E-state index is 12.1. The zero-order valence-corrected chi connectivity index (χ0v) is 13.4. The molecule has 132 valence electrons. The fraction of sp³-hybridized carbons (Fsp3) is 0.375. The number of nitrogens with one attached hydrogen (secondary N) is 1. The smallest absolute Gasteiger partial charge is 0.401 e. The zero-order chi connectivity index (χ0) is 18.2. The zero-order valence-electron chi connectivity index (χ0n) is 13.4. The first kappa shape index (κ1) is 19.7. The van der Waals surface area contributed by atoms with E-state index in [0.717, 1.165) is 4.90 Å². The van der Waals surface area contributed by atoms with Crippen LogP contribution < -0.4 is 5.32 Å². The lowest BCUT2D eigenvalue weighted by Gasteiger charge is -2.17. The van der Waals surface area contributed by atoms with Gasteiger partial charge in [0.25, 0.3) is 5.91 Å². The Hall–Kier alpha value is -2.35. The molecule has 0 heterocycles. The summed E-state index contributed by atoms with van der Waals surface area (Å²) in [6.45, 7) is -1.21. The normalized spacial score (nSPS) is 11.8. The van der Waals surface area contributed by atoms with Crippen molar-refractivity contribution in [1.82, 2.24) is 10.2 Å². The Morgan fingerprint density at radius 1 is 1.25 bits per heavy atom. The van der Waals surface area contributed by atoms with Crippen LogP contribution in [0.5, 0.6) is 0 Å². The largest absolute Gasteiger partial charge is 0.461 e. The lowest BCUT2D eigenvalue weighted by Crippen LogP contribution is -2.33. The number of likely N-dealkylation sites (N-methyl/N-ethyl adjacent to an activating group) is 1. The van der Waals surface area contributed by atoms with Gasteiger partial charge in [0.05, 0.1) is 6.54 Å². The Balaban J connectivity index is 2.39. The van der Waals surface area contributed by atoms with Crippen LogP contribution in [0.3, 0.4) is 0 Å². The van der Waals surface area contributed by atoms with Crippen LogP contribution in [-0.2, 0) is 9.53 Å². The van der Waals surface area contributed by atoms with E-state index in [1.54, 1.807) is 24.3 Å². The molecule has 0 spiro atoms. The maximum Gasteiger partial charge on any atom is 0.401 e. The molecule has 1 amide bonds. The van der Waals surface area contributed by atoms with Gasteiger partial charge in [0.1, 0.15) is 6.61 Å². The van der Waals surface area contributed by atoms with Gasteiger partial charge in [-0.2, -0.15) is 13.2 Å². The summed E-state index contributed by atoms with van der Waals surface area (Å²) in [5.41, 5.74) is 1.18. The fourth-order valence-electron chi connectivity index (χ4n) is 1.79. The molecule has 1 N–H and O–H groups in total. The monoisotopic (exact) mass is 344 g/mol. The third-order valence-corrected chi connectivity index (χ3v) is 2.98. The highest BCUT2D eigenvalue weighted by atomic mass is 19.4. The van der Waals surface area contributed by atoms with Gasteiger partial charge >= 0.3 is 12.1 Å². The summed E-state index contributed by atoms with van der Waals surface area (Å²) in [6, 6.07) is 6.53. The second-order valence-electron chi connectivity index (χ2n) is 5.05. The average Bonchev–Trinajstić information content (AvgIpc) is 2.51. The van der Waals surface area contributed by atoms with Crippen molar-refractivity contribution in [1.29, 1.82) is 0 Å². The fourth-order valence-corrected chi connectivity index (χ4v) is 1.79. The number of rotatable bonds is 7. The molecule has 1 aromatic rings. The third kappa shape index (κ3) is 7.77. The lowest BCUT2D eigenvalue weighted by molar-refractivity contribution is -0.146. The van der Waals surface area contributed by atoms with E-state index in [9.17, 15) is 22.8 Å². The number of hydrogen-bond acceptors (Lipinski definition) is 4. The molecule has 0 aliphatic heterocycles. The molecule has 0 aromatic heterocycles. The molecule has 0 aliphatic carbocycles. The van der Waals surface area contributed by atoms with Gasteiger partial charge in [0.2, 0.25) is 0 Å². The summed E-state index contributed by atoms with van der Waals surface area (Å²) in [5, 5.41) is 2.49. The molecule has 0 aliphatic rings. The van der Waals surface area contributed by atoms with Crippen LogP contribution in [-0.4, -0.2) is 56.7 Å². The van der Waals surface area contributed by atoms with E-state index in [1.807, 2.05) is 0 Å².